The number of fused-ring (bicyclic) bond motifs is 2. The highest BCUT2D eigenvalue weighted by Crippen LogP contribution is 2.34. The molecule has 0 spiro atoms. The molecule has 3 aromatic carbocycles. The Bertz CT molecular complexity index is 947. The van der Waals surface area contributed by atoms with Crippen molar-refractivity contribution in [2.45, 2.75) is 25.7 Å². The second kappa shape index (κ2) is 6.71. The first kappa shape index (κ1) is 15.9. The maximum atomic E-state index is 5.94. The first-order valence-corrected chi connectivity index (χ1v) is 8.76. The van der Waals surface area contributed by atoms with Crippen LogP contribution in [0.5, 0.6) is 0 Å². The van der Waals surface area contributed by atoms with Gasteiger partial charge in [-0.15, -0.1) is 5.11 Å². The maximum Gasteiger partial charge on any atom is 0.226 e. The van der Waals surface area contributed by atoms with E-state index in [1.165, 1.54) is 30.4 Å². The lowest BCUT2D eigenvalue weighted by Crippen LogP contribution is -2.11. The third kappa shape index (κ3) is 3.17. The highest BCUT2D eigenvalue weighted by molar-refractivity contribution is 6.20. The van der Waals surface area contributed by atoms with E-state index in [9.17, 15) is 0 Å². The average molecular weight is 325 g/mol. The smallest absolute Gasteiger partial charge is 0.226 e. The number of hydrogen-bond acceptors (Lipinski definition) is 3. The van der Waals surface area contributed by atoms with Gasteiger partial charge < -0.3 is 4.81 Å². The van der Waals surface area contributed by atoms with Crippen molar-refractivity contribution in [2.24, 2.45) is 10.2 Å². The lowest BCUT2D eigenvalue weighted by atomic mass is 9.91. The van der Waals surface area contributed by atoms with E-state index in [0.717, 1.165) is 34.3 Å². The van der Waals surface area contributed by atoms with E-state index < -0.39 is 0 Å². The zero-order valence-corrected chi connectivity index (χ0v) is 14.4. The monoisotopic (exact) mass is 325 g/mol. The van der Waals surface area contributed by atoms with Crippen LogP contribution >= 0.6 is 0 Å². The Kier molecular flexibility index (Phi) is 4.27. The highest BCUT2D eigenvalue weighted by Gasteiger charge is 2.10. The minimum Gasteiger partial charge on any atom is -0.427 e. The number of aryl methyl sites for hydroxylation is 2. The van der Waals surface area contributed by atoms with Gasteiger partial charge in [-0.3, -0.25) is 0 Å². The van der Waals surface area contributed by atoms with Crippen LogP contribution in [0.15, 0.2) is 64.8 Å². The van der Waals surface area contributed by atoms with Crippen molar-refractivity contribution in [1.82, 2.24) is 0 Å². The molecule has 0 heterocycles. The fourth-order valence-corrected chi connectivity index (χ4v) is 3.56. The molecule has 0 N–H and O–H groups in total. The topological polar surface area (TPSA) is 28.0 Å². The summed E-state index contributed by atoms with van der Waals surface area (Å²) in [5, 5.41) is 11.1. The van der Waals surface area contributed by atoms with Gasteiger partial charge in [-0.05, 0) is 68.1 Å². The van der Waals surface area contributed by atoms with Gasteiger partial charge >= 0.3 is 0 Å². The van der Waals surface area contributed by atoms with Gasteiger partial charge in [-0.1, -0.05) is 30.3 Å². The summed E-state index contributed by atoms with van der Waals surface area (Å²) >= 11 is 0. The normalized spacial score (nSPS) is 14.0. The van der Waals surface area contributed by atoms with Gasteiger partial charge in [0.25, 0.3) is 0 Å². The summed E-state index contributed by atoms with van der Waals surface area (Å²) in [5.74, 6) is 0. The second-order valence-corrected chi connectivity index (χ2v) is 6.62. The lowest BCUT2D eigenvalue weighted by molar-refractivity contribution is 0.685. The van der Waals surface area contributed by atoms with Crippen LogP contribution in [-0.4, -0.2) is 15.0 Å². The van der Waals surface area contributed by atoms with E-state index >= 15 is 0 Å². The van der Waals surface area contributed by atoms with Crippen LogP contribution in [0.1, 0.15) is 24.0 Å². The SMILES string of the molecule is [B]N(C)c1ccc(N=Nc2ccc3c(c2)CCCC3)c2ccccc12. The van der Waals surface area contributed by atoms with E-state index in [4.69, 9.17) is 7.98 Å². The Morgan fingerprint density at radius 2 is 1.60 bits per heavy atom. The van der Waals surface area contributed by atoms with Gasteiger partial charge in [0.1, 0.15) is 0 Å². The number of nitrogens with zero attached hydrogens (tertiary/aromatic N) is 3. The molecule has 0 fully saturated rings. The van der Waals surface area contributed by atoms with Crippen LogP contribution in [0.3, 0.4) is 0 Å². The molecule has 4 rings (SSSR count). The van der Waals surface area contributed by atoms with E-state index in [1.54, 1.807) is 4.81 Å². The molecular weight excluding hydrogens is 305 g/mol. The molecule has 0 saturated carbocycles. The van der Waals surface area contributed by atoms with Crippen LogP contribution in [0.4, 0.5) is 17.1 Å². The number of anilines is 1. The first-order chi connectivity index (χ1) is 12.2. The summed E-state index contributed by atoms with van der Waals surface area (Å²) in [6.07, 6.45) is 4.90. The summed E-state index contributed by atoms with van der Waals surface area (Å²) in [6, 6.07) is 18.6. The van der Waals surface area contributed by atoms with Crippen LogP contribution in [0, 0.1) is 0 Å². The predicted octanol–water partition coefficient (Wildman–Crippen LogP) is 5.65. The summed E-state index contributed by atoms with van der Waals surface area (Å²) in [4.78, 5) is 1.63. The Hall–Kier alpha value is -2.62. The second-order valence-electron chi connectivity index (χ2n) is 6.62. The van der Waals surface area contributed by atoms with Crippen molar-refractivity contribution < 1.29 is 0 Å². The summed E-state index contributed by atoms with van der Waals surface area (Å²) in [6.45, 7) is 0. The summed E-state index contributed by atoms with van der Waals surface area (Å²) < 4.78 is 0. The number of rotatable bonds is 3. The van der Waals surface area contributed by atoms with Crippen molar-refractivity contribution in [3.63, 3.8) is 0 Å². The Morgan fingerprint density at radius 1 is 0.840 bits per heavy atom. The standard InChI is InChI=1S/C21H20BN3/c1-25(22)21-13-12-20(18-8-4-5-9-19(18)21)24-23-17-11-10-15-6-2-3-7-16(15)14-17/h4-5,8-14H,2-3,6-7H2,1H3. The average Bonchev–Trinajstić information content (AvgIpc) is 2.65. The van der Waals surface area contributed by atoms with Gasteiger partial charge in [0.05, 0.1) is 11.4 Å². The molecule has 3 aromatic rings. The molecule has 1 aliphatic carbocycles. The zero-order chi connectivity index (χ0) is 17.2. The Labute approximate surface area is 149 Å². The van der Waals surface area contributed by atoms with E-state index in [-0.39, 0.29) is 0 Å². The molecule has 1 aliphatic rings. The number of hydrogen-bond donors (Lipinski definition) is 0. The maximum absolute atomic E-state index is 5.94. The van der Waals surface area contributed by atoms with Crippen molar-refractivity contribution in [2.75, 3.05) is 11.9 Å². The molecular formula is C21H20BN3. The fourth-order valence-electron chi connectivity index (χ4n) is 3.56. The van der Waals surface area contributed by atoms with Crippen LogP contribution < -0.4 is 4.81 Å². The largest absolute Gasteiger partial charge is 0.427 e. The van der Waals surface area contributed by atoms with Gasteiger partial charge in [-0.2, -0.15) is 5.11 Å². The molecule has 0 aliphatic heterocycles. The molecule has 4 heteroatoms. The van der Waals surface area contributed by atoms with Crippen LogP contribution in [-0.2, 0) is 12.8 Å². The van der Waals surface area contributed by atoms with Gasteiger partial charge in [0.15, 0.2) is 0 Å². The van der Waals surface area contributed by atoms with Crippen molar-refractivity contribution in [3.05, 3.63) is 65.7 Å². The molecule has 0 bridgehead atoms. The molecule has 0 aromatic heterocycles. The minimum atomic E-state index is 0.860. The molecule has 2 radical (unpaired) electrons. The van der Waals surface area contributed by atoms with Crippen molar-refractivity contribution in [3.8, 4) is 0 Å². The van der Waals surface area contributed by atoms with E-state index in [1.807, 2.05) is 31.3 Å². The molecule has 0 saturated heterocycles. The van der Waals surface area contributed by atoms with E-state index in [2.05, 4.69) is 40.6 Å². The molecule has 3 nitrogen and oxygen atoms in total. The quantitative estimate of drug-likeness (QED) is 0.451. The zero-order valence-electron chi connectivity index (χ0n) is 14.4. The third-order valence-electron chi connectivity index (χ3n) is 4.86. The third-order valence-corrected chi connectivity index (χ3v) is 4.86. The fraction of sp³-hybridized carbons (Fsp3) is 0.238. The molecule has 122 valence electrons. The Morgan fingerprint density at radius 3 is 2.40 bits per heavy atom. The van der Waals surface area contributed by atoms with Crippen molar-refractivity contribution >= 4 is 35.8 Å². The van der Waals surface area contributed by atoms with Gasteiger partial charge in [-0.25, -0.2) is 0 Å². The van der Waals surface area contributed by atoms with Gasteiger partial charge in [0.2, 0.25) is 7.98 Å². The highest BCUT2D eigenvalue weighted by atomic mass is 15.1. The Balaban J connectivity index is 1.71. The predicted molar refractivity (Wildman–Crippen MR) is 105 cm³/mol. The van der Waals surface area contributed by atoms with E-state index in [0.29, 0.717) is 0 Å². The summed E-state index contributed by atoms with van der Waals surface area (Å²) in [5.41, 5.74) is 5.64. The van der Waals surface area contributed by atoms with Gasteiger partial charge in [0, 0.05) is 16.5 Å². The number of azo groups is 1. The molecule has 25 heavy (non-hydrogen) atoms. The molecule has 0 amide bonds. The van der Waals surface area contributed by atoms with Crippen LogP contribution in [0.25, 0.3) is 10.8 Å². The van der Waals surface area contributed by atoms with Crippen LogP contribution in [0.2, 0.25) is 0 Å². The lowest BCUT2D eigenvalue weighted by Gasteiger charge is -2.16. The minimum absolute atomic E-state index is 0.860. The summed E-state index contributed by atoms with van der Waals surface area (Å²) in [7, 11) is 7.78. The number of benzene rings is 3. The molecule has 0 atom stereocenters. The van der Waals surface area contributed by atoms with Crippen molar-refractivity contribution in [1.29, 1.82) is 0 Å². The first-order valence-electron chi connectivity index (χ1n) is 8.76. The molecule has 0 unspecified atom stereocenters.